The predicted octanol–water partition coefficient (Wildman–Crippen LogP) is 2.97. The van der Waals surface area contributed by atoms with Crippen LogP contribution in [0.1, 0.15) is 38.2 Å². The molecule has 1 N–H and O–H groups in total. The summed E-state index contributed by atoms with van der Waals surface area (Å²) in [4.78, 5) is 27.4. The molecule has 0 spiro atoms. The average Bonchev–Trinajstić information content (AvgIpc) is 3.30. The minimum atomic E-state index is -0.806. The lowest BCUT2D eigenvalue weighted by molar-refractivity contribution is -0.143. The van der Waals surface area contributed by atoms with E-state index in [1.54, 1.807) is 0 Å². The third kappa shape index (κ3) is 2.74. The van der Waals surface area contributed by atoms with Gasteiger partial charge in [-0.3, -0.25) is 9.59 Å². The van der Waals surface area contributed by atoms with Crippen LogP contribution >= 0.6 is 0 Å². The summed E-state index contributed by atoms with van der Waals surface area (Å²) in [5, 5.41) is 2.96. The maximum Gasteiger partial charge on any atom is 0.240 e. The van der Waals surface area contributed by atoms with Gasteiger partial charge in [0.25, 0.3) is 0 Å². The molecule has 1 saturated heterocycles. The molecule has 1 aromatic rings. The molecule has 4 nitrogen and oxygen atoms in total. The molecule has 2 fully saturated rings. The van der Waals surface area contributed by atoms with E-state index in [1.807, 2.05) is 36.1 Å². The van der Waals surface area contributed by atoms with Gasteiger partial charge in [-0.05, 0) is 50.2 Å². The lowest BCUT2D eigenvalue weighted by Gasteiger charge is -2.33. The third-order valence-electron chi connectivity index (χ3n) is 4.93. The Balaban J connectivity index is 1.71. The highest BCUT2D eigenvalue weighted by Gasteiger charge is 2.58. The maximum atomic E-state index is 12.8. The summed E-state index contributed by atoms with van der Waals surface area (Å²) in [6.07, 6.45) is 3.57. The molecule has 0 radical (unpaired) electrons. The number of benzene rings is 1. The Morgan fingerprint density at radius 2 is 2.00 bits per heavy atom. The monoisotopic (exact) mass is 300 g/mol. The van der Waals surface area contributed by atoms with Crippen LogP contribution in [0.2, 0.25) is 0 Å². The molecule has 2 amide bonds. The van der Waals surface area contributed by atoms with Crippen molar-refractivity contribution in [3.8, 4) is 0 Å². The fourth-order valence-corrected chi connectivity index (χ4v) is 3.29. The number of aryl methyl sites for hydroxylation is 1. The second-order valence-corrected chi connectivity index (χ2v) is 6.85. The van der Waals surface area contributed by atoms with Crippen molar-refractivity contribution in [1.29, 1.82) is 0 Å². The fourth-order valence-electron chi connectivity index (χ4n) is 3.29. The molecule has 0 aromatic heterocycles. The van der Waals surface area contributed by atoms with E-state index >= 15 is 0 Å². The van der Waals surface area contributed by atoms with Crippen LogP contribution in [0, 0.1) is 18.3 Å². The first-order valence-electron chi connectivity index (χ1n) is 8.19. The van der Waals surface area contributed by atoms with Crippen molar-refractivity contribution in [2.75, 3.05) is 18.4 Å². The molecule has 1 aliphatic carbocycles. The first-order chi connectivity index (χ1) is 10.5. The van der Waals surface area contributed by atoms with Crippen LogP contribution in [-0.2, 0) is 9.59 Å². The Bertz CT molecular complexity index is 593. The van der Waals surface area contributed by atoms with E-state index in [9.17, 15) is 9.59 Å². The lowest BCUT2D eigenvalue weighted by Crippen LogP contribution is -2.46. The minimum Gasteiger partial charge on any atom is -0.342 e. The summed E-state index contributed by atoms with van der Waals surface area (Å²) >= 11 is 0. The molecule has 1 aromatic carbocycles. The smallest absolute Gasteiger partial charge is 0.240 e. The quantitative estimate of drug-likeness (QED) is 0.873. The van der Waals surface area contributed by atoms with Gasteiger partial charge in [0.15, 0.2) is 0 Å². The first-order valence-corrected chi connectivity index (χ1v) is 8.19. The molecule has 1 aliphatic heterocycles. The van der Waals surface area contributed by atoms with Crippen molar-refractivity contribution in [3.05, 3.63) is 29.8 Å². The SMILES string of the molecule is Cc1ccccc1NC(=O)C1(C(=O)N2CCCC(C)C2)CC1. The number of carbonyl (C=O) groups excluding carboxylic acids is 2. The summed E-state index contributed by atoms with van der Waals surface area (Å²) < 4.78 is 0. The number of rotatable bonds is 3. The summed E-state index contributed by atoms with van der Waals surface area (Å²) in [5.74, 6) is 0.433. The Hall–Kier alpha value is -1.84. The van der Waals surface area contributed by atoms with Crippen LogP contribution in [-0.4, -0.2) is 29.8 Å². The number of nitrogens with zero attached hydrogens (tertiary/aromatic N) is 1. The molecule has 0 bridgehead atoms. The van der Waals surface area contributed by atoms with Gasteiger partial charge in [0, 0.05) is 18.8 Å². The number of amides is 2. The lowest BCUT2D eigenvalue weighted by atomic mass is 9.96. The summed E-state index contributed by atoms with van der Waals surface area (Å²) in [7, 11) is 0. The van der Waals surface area contributed by atoms with Crippen molar-refractivity contribution >= 4 is 17.5 Å². The topological polar surface area (TPSA) is 49.4 Å². The van der Waals surface area contributed by atoms with E-state index < -0.39 is 5.41 Å². The van der Waals surface area contributed by atoms with E-state index in [1.165, 1.54) is 6.42 Å². The van der Waals surface area contributed by atoms with Crippen LogP contribution in [0.4, 0.5) is 5.69 Å². The van der Waals surface area contributed by atoms with Crippen molar-refractivity contribution in [1.82, 2.24) is 4.90 Å². The van der Waals surface area contributed by atoms with Crippen molar-refractivity contribution < 1.29 is 9.59 Å². The standard InChI is InChI=1S/C18H24N2O2/c1-13-6-5-11-20(12-13)17(22)18(9-10-18)16(21)19-15-8-4-3-7-14(15)2/h3-4,7-8,13H,5-6,9-12H2,1-2H3,(H,19,21). The number of piperidine rings is 1. The predicted molar refractivity (Wildman–Crippen MR) is 86.5 cm³/mol. The van der Waals surface area contributed by atoms with Crippen LogP contribution in [0.3, 0.4) is 0 Å². The van der Waals surface area contributed by atoms with Crippen LogP contribution in [0.25, 0.3) is 0 Å². The fraction of sp³-hybridized carbons (Fsp3) is 0.556. The minimum absolute atomic E-state index is 0.0325. The van der Waals surface area contributed by atoms with E-state index in [4.69, 9.17) is 0 Å². The van der Waals surface area contributed by atoms with Gasteiger partial charge in [0.1, 0.15) is 5.41 Å². The number of nitrogens with one attached hydrogen (secondary N) is 1. The van der Waals surface area contributed by atoms with Gasteiger partial charge in [0.2, 0.25) is 11.8 Å². The molecule has 4 heteroatoms. The first kappa shape index (κ1) is 15.1. The second kappa shape index (κ2) is 5.75. The summed E-state index contributed by atoms with van der Waals surface area (Å²) in [6, 6.07) is 7.69. The third-order valence-corrected chi connectivity index (χ3v) is 4.93. The highest BCUT2D eigenvalue weighted by Crippen LogP contribution is 2.48. The van der Waals surface area contributed by atoms with E-state index in [-0.39, 0.29) is 11.8 Å². The molecule has 2 aliphatic rings. The van der Waals surface area contributed by atoms with Gasteiger partial charge in [-0.15, -0.1) is 0 Å². The molecular weight excluding hydrogens is 276 g/mol. The van der Waals surface area contributed by atoms with Gasteiger partial charge in [-0.25, -0.2) is 0 Å². The molecule has 118 valence electrons. The highest BCUT2D eigenvalue weighted by atomic mass is 16.2. The number of para-hydroxylation sites is 1. The number of carbonyl (C=O) groups is 2. The van der Waals surface area contributed by atoms with Crippen LogP contribution in [0.15, 0.2) is 24.3 Å². The van der Waals surface area contributed by atoms with Crippen molar-refractivity contribution in [3.63, 3.8) is 0 Å². The van der Waals surface area contributed by atoms with Crippen molar-refractivity contribution in [2.45, 2.75) is 39.5 Å². The van der Waals surface area contributed by atoms with Gasteiger partial charge in [-0.1, -0.05) is 25.1 Å². The van der Waals surface area contributed by atoms with Gasteiger partial charge in [-0.2, -0.15) is 0 Å². The number of anilines is 1. The number of hydrogen-bond donors (Lipinski definition) is 1. The van der Waals surface area contributed by atoms with Gasteiger partial charge >= 0.3 is 0 Å². The normalized spacial score (nSPS) is 23.0. The largest absolute Gasteiger partial charge is 0.342 e. The highest BCUT2D eigenvalue weighted by molar-refractivity contribution is 6.13. The molecule has 1 unspecified atom stereocenters. The zero-order chi connectivity index (χ0) is 15.7. The Morgan fingerprint density at radius 1 is 1.27 bits per heavy atom. The maximum absolute atomic E-state index is 12.8. The van der Waals surface area contributed by atoms with Crippen LogP contribution < -0.4 is 5.32 Å². The molecule has 22 heavy (non-hydrogen) atoms. The second-order valence-electron chi connectivity index (χ2n) is 6.85. The van der Waals surface area contributed by atoms with E-state index in [2.05, 4.69) is 12.2 Å². The van der Waals surface area contributed by atoms with Crippen molar-refractivity contribution in [2.24, 2.45) is 11.3 Å². The zero-order valence-electron chi connectivity index (χ0n) is 13.4. The zero-order valence-corrected chi connectivity index (χ0v) is 13.4. The Morgan fingerprint density at radius 3 is 2.64 bits per heavy atom. The molecule has 3 rings (SSSR count). The van der Waals surface area contributed by atoms with Gasteiger partial charge < -0.3 is 10.2 Å². The molecule has 1 heterocycles. The van der Waals surface area contributed by atoms with E-state index in [0.29, 0.717) is 18.8 Å². The Labute approximate surface area is 131 Å². The van der Waals surface area contributed by atoms with Crippen LogP contribution in [0.5, 0.6) is 0 Å². The molecule has 1 saturated carbocycles. The molecule has 1 atom stereocenters. The summed E-state index contributed by atoms with van der Waals surface area (Å²) in [5.41, 5.74) is 1.02. The Kier molecular flexibility index (Phi) is 3.94. The average molecular weight is 300 g/mol. The number of likely N-dealkylation sites (tertiary alicyclic amines) is 1. The van der Waals surface area contributed by atoms with Gasteiger partial charge in [0.05, 0.1) is 0 Å². The number of hydrogen-bond acceptors (Lipinski definition) is 2. The summed E-state index contributed by atoms with van der Waals surface area (Å²) in [6.45, 7) is 5.72. The van der Waals surface area contributed by atoms with E-state index in [0.717, 1.165) is 30.8 Å². The molecular formula is C18H24N2O2.